The van der Waals surface area contributed by atoms with Gasteiger partial charge in [0.1, 0.15) is 12.6 Å². The third-order valence-corrected chi connectivity index (χ3v) is 4.36. The Morgan fingerprint density at radius 3 is 2.64 bits per heavy atom. The van der Waals surface area contributed by atoms with Crippen molar-refractivity contribution in [2.75, 3.05) is 6.54 Å². The van der Waals surface area contributed by atoms with Crippen molar-refractivity contribution in [2.45, 2.75) is 39.0 Å². The molecule has 0 aliphatic heterocycles. The van der Waals surface area contributed by atoms with Crippen LogP contribution in [0.2, 0.25) is 0 Å². The molecule has 6 nitrogen and oxygen atoms in total. The molecule has 0 fully saturated rings. The molecule has 0 aliphatic carbocycles. The fourth-order valence-corrected chi connectivity index (χ4v) is 2.63. The third kappa shape index (κ3) is 6.40. The summed E-state index contributed by atoms with van der Waals surface area (Å²) in [6.45, 7) is 2.58. The van der Waals surface area contributed by atoms with Crippen LogP contribution in [0.1, 0.15) is 36.2 Å². The zero-order valence-electron chi connectivity index (χ0n) is 15.7. The lowest BCUT2D eigenvalue weighted by Crippen LogP contribution is -2.51. The van der Waals surface area contributed by atoms with Crippen molar-refractivity contribution < 1.29 is 22.8 Å². The maximum atomic E-state index is 12.6. The number of halogens is 3. The molecule has 0 unspecified atom stereocenters. The number of nitrogens with zero attached hydrogens (tertiary/aromatic N) is 2. The van der Waals surface area contributed by atoms with E-state index in [1.165, 1.54) is 0 Å². The van der Waals surface area contributed by atoms with Gasteiger partial charge in [0.15, 0.2) is 0 Å². The molecule has 0 saturated heterocycles. The molecule has 2 amide bonds. The number of rotatable bonds is 8. The first kappa shape index (κ1) is 21.5. The molecule has 152 valence electrons. The van der Waals surface area contributed by atoms with Crippen molar-refractivity contribution in [2.24, 2.45) is 5.92 Å². The summed E-state index contributed by atoms with van der Waals surface area (Å²) in [7, 11) is 0. The number of alkyl halides is 3. The van der Waals surface area contributed by atoms with Gasteiger partial charge < -0.3 is 15.2 Å². The molecule has 0 bridgehead atoms. The minimum absolute atomic E-state index is 0.327. The number of nitrogens with one attached hydrogen (secondary N) is 2. The quantitative estimate of drug-likeness (QED) is 0.721. The Balaban J connectivity index is 2.09. The van der Waals surface area contributed by atoms with E-state index in [2.05, 4.69) is 10.3 Å². The molecule has 0 aliphatic rings. The van der Waals surface area contributed by atoms with Gasteiger partial charge in [0.2, 0.25) is 5.91 Å². The molecule has 2 rings (SSSR count). The normalized spacial score (nSPS) is 13.6. The molecule has 2 atom stereocenters. The molecule has 1 aromatic carbocycles. The molecule has 28 heavy (non-hydrogen) atoms. The highest BCUT2D eigenvalue weighted by Gasteiger charge is 2.32. The van der Waals surface area contributed by atoms with Gasteiger partial charge in [-0.25, -0.2) is 4.98 Å². The van der Waals surface area contributed by atoms with Crippen LogP contribution in [0.25, 0.3) is 0 Å². The molecule has 0 saturated carbocycles. The van der Waals surface area contributed by atoms with Gasteiger partial charge in [-0.2, -0.15) is 13.2 Å². The Morgan fingerprint density at radius 2 is 2.04 bits per heavy atom. The van der Waals surface area contributed by atoms with Crippen molar-refractivity contribution >= 4 is 11.8 Å². The standard InChI is InChI=1S/C19H23F3N4O2/c1-3-13(2)16(18(28)24-11-19(20,21)22)25-17(27)15-6-4-5-14(9-15)10-26-8-7-23-12-26/h4-9,12-13,16H,3,10-11H2,1-2H3,(H,24,28)(H,25,27)/t13-,16-/m0/s1. The zero-order chi connectivity index (χ0) is 20.7. The summed E-state index contributed by atoms with van der Waals surface area (Å²) in [5.74, 6) is -1.69. The first-order chi connectivity index (χ1) is 13.2. The lowest BCUT2D eigenvalue weighted by atomic mass is 9.97. The highest BCUT2D eigenvalue weighted by molar-refractivity contribution is 5.97. The summed E-state index contributed by atoms with van der Waals surface area (Å²) in [5, 5.41) is 4.42. The largest absolute Gasteiger partial charge is 0.405 e. The Kier molecular flexibility index (Phi) is 7.19. The Bertz CT molecular complexity index is 791. The van der Waals surface area contributed by atoms with Crippen molar-refractivity contribution in [3.05, 3.63) is 54.1 Å². The van der Waals surface area contributed by atoms with E-state index in [9.17, 15) is 22.8 Å². The van der Waals surface area contributed by atoms with E-state index in [0.29, 0.717) is 18.5 Å². The van der Waals surface area contributed by atoms with Gasteiger partial charge in [0, 0.05) is 24.5 Å². The SMILES string of the molecule is CC[C@H](C)[C@H](NC(=O)c1cccc(Cn2ccnc2)c1)C(=O)NCC(F)(F)F. The average Bonchev–Trinajstić information content (AvgIpc) is 3.16. The van der Waals surface area contributed by atoms with Crippen LogP contribution >= 0.6 is 0 Å². The fourth-order valence-electron chi connectivity index (χ4n) is 2.63. The highest BCUT2D eigenvalue weighted by Crippen LogP contribution is 2.14. The number of amides is 2. The maximum absolute atomic E-state index is 12.6. The summed E-state index contributed by atoms with van der Waals surface area (Å²) in [4.78, 5) is 28.8. The van der Waals surface area contributed by atoms with Gasteiger partial charge in [0.05, 0.1) is 6.33 Å². The Labute approximate surface area is 161 Å². The smallest absolute Gasteiger partial charge is 0.345 e. The summed E-state index contributed by atoms with van der Waals surface area (Å²) in [5.41, 5.74) is 1.18. The Hall–Kier alpha value is -2.84. The first-order valence-corrected chi connectivity index (χ1v) is 8.89. The minimum Gasteiger partial charge on any atom is -0.345 e. The van der Waals surface area contributed by atoms with E-state index in [0.717, 1.165) is 5.56 Å². The monoisotopic (exact) mass is 396 g/mol. The minimum atomic E-state index is -4.51. The molecule has 2 aromatic rings. The molecule has 0 radical (unpaired) electrons. The van der Waals surface area contributed by atoms with Crippen LogP contribution in [0.3, 0.4) is 0 Å². The average molecular weight is 396 g/mol. The number of hydrogen-bond donors (Lipinski definition) is 2. The van der Waals surface area contributed by atoms with Crippen LogP contribution in [0.5, 0.6) is 0 Å². The van der Waals surface area contributed by atoms with Gasteiger partial charge in [-0.15, -0.1) is 0 Å². The summed E-state index contributed by atoms with van der Waals surface area (Å²) < 4.78 is 39.0. The second kappa shape index (κ2) is 9.38. The molecule has 2 N–H and O–H groups in total. The van der Waals surface area contributed by atoms with E-state index in [1.807, 2.05) is 16.0 Å². The molecule has 1 heterocycles. The number of hydrogen-bond acceptors (Lipinski definition) is 3. The highest BCUT2D eigenvalue weighted by atomic mass is 19.4. The number of benzene rings is 1. The third-order valence-electron chi connectivity index (χ3n) is 4.36. The Morgan fingerprint density at radius 1 is 1.29 bits per heavy atom. The lowest BCUT2D eigenvalue weighted by Gasteiger charge is -2.24. The van der Waals surface area contributed by atoms with Crippen LogP contribution in [0, 0.1) is 5.92 Å². The summed E-state index contributed by atoms with van der Waals surface area (Å²) >= 11 is 0. The predicted octanol–water partition coefficient (Wildman–Crippen LogP) is 2.75. The van der Waals surface area contributed by atoms with Crippen LogP contribution in [-0.2, 0) is 11.3 Å². The number of aromatic nitrogens is 2. The molecular formula is C19H23F3N4O2. The van der Waals surface area contributed by atoms with Crippen molar-refractivity contribution in [3.8, 4) is 0 Å². The molecule has 9 heteroatoms. The van der Waals surface area contributed by atoms with E-state index < -0.39 is 30.6 Å². The topological polar surface area (TPSA) is 76.0 Å². The maximum Gasteiger partial charge on any atom is 0.405 e. The van der Waals surface area contributed by atoms with E-state index in [1.54, 1.807) is 50.8 Å². The van der Waals surface area contributed by atoms with Crippen LogP contribution in [0.4, 0.5) is 13.2 Å². The van der Waals surface area contributed by atoms with Gasteiger partial charge in [-0.05, 0) is 23.6 Å². The second-order valence-electron chi connectivity index (χ2n) is 6.61. The van der Waals surface area contributed by atoms with Crippen molar-refractivity contribution in [1.82, 2.24) is 20.2 Å². The summed E-state index contributed by atoms with van der Waals surface area (Å²) in [6, 6.07) is 5.77. The number of carbonyl (C=O) groups excluding carboxylic acids is 2. The molecule has 1 aromatic heterocycles. The zero-order valence-corrected chi connectivity index (χ0v) is 15.7. The number of imidazole rings is 1. The van der Waals surface area contributed by atoms with Crippen molar-refractivity contribution in [1.29, 1.82) is 0 Å². The van der Waals surface area contributed by atoms with Crippen LogP contribution in [0.15, 0.2) is 43.0 Å². The van der Waals surface area contributed by atoms with Gasteiger partial charge in [-0.3, -0.25) is 9.59 Å². The molecular weight excluding hydrogens is 373 g/mol. The predicted molar refractivity (Wildman–Crippen MR) is 97.5 cm³/mol. The van der Waals surface area contributed by atoms with Crippen LogP contribution < -0.4 is 10.6 Å². The van der Waals surface area contributed by atoms with E-state index in [4.69, 9.17) is 0 Å². The van der Waals surface area contributed by atoms with Crippen molar-refractivity contribution in [3.63, 3.8) is 0 Å². The summed E-state index contributed by atoms with van der Waals surface area (Å²) in [6.07, 6.45) is 1.09. The van der Waals surface area contributed by atoms with E-state index in [-0.39, 0.29) is 5.92 Å². The molecule has 0 spiro atoms. The second-order valence-corrected chi connectivity index (χ2v) is 6.61. The first-order valence-electron chi connectivity index (χ1n) is 8.89. The lowest BCUT2D eigenvalue weighted by molar-refractivity contribution is -0.140. The number of carbonyl (C=O) groups is 2. The van der Waals surface area contributed by atoms with Gasteiger partial charge in [0.25, 0.3) is 5.91 Å². The van der Waals surface area contributed by atoms with E-state index >= 15 is 0 Å². The van der Waals surface area contributed by atoms with Gasteiger partial charge in [-0.1, -0.05) is 32.4 Å². The van der Waals surface area contributed by atoms with Crippen LogP contribution in [-0.4, -0.2) is 40.1 Å². The fraction of sp³-hybridized carbons (Fsp3) is 0.421. The van der Waals surface area contributed by atoms with Gasteiger partial charge >= 0.3 is 6.18 Å².